The van der Waals surface area contributed by atoms with Crippen molar-refractivity contribution in [2.75, 3.05) is 4.90 Å². The van der Waals surface area contributed by atoms with Crippen LogP contribution >= 0.6 is 0 Å². The van der Waals surface area contributed by atoms with Crippen molar-refractivity contribution in [3.8, 4) is 22.3 Å². The molecule has 0 aliphatic heterocycles. The van der Waals surface area contributed by atoms with E-state index in [9.17, 15) is 0 Å². The number of benzene rings is 5. The summed E-state index contributed by atoms with van der Waals surface area (Å²) < 4.78 is 12.3. The van der Waals surface area contributed by atoms with Crippen molar-refractivity contribution >= 4 is 61.2 Å². The van der Waals surface area contributed by atoms with E-state index in [1.807, 2.05) is 54.9 Å². The average Bonchev–Trinajstić information content (AvgIpc) is 3.68. The van der Waals surface area contributed by atoms with Gasteiger partial charge >= 0.3 is 0 Å². The minimum absolute atomic E-state index is 0.589. The summed E-state index contributed by atoms with van der Waals surface area (Å²) in [5.74, 6) is 0. The van der Waals surface area contributed by atoms with Gasteiger partial charge in [0.15, 0.2) is 0 Å². The molecule has 0 N–H and O–H groups in total. The molecule has 0 amide bonds. The number of pyridine rings is 2. The van der Waals surface area contributed by atoms with Crippen LogP contribution in [-0.4, -0.2) is 9.97 Å². The number of para-hydroxylation sites is 3. The summed E-state index contributed by atoms with van der Waals surface area (Å²) >= 11 is 0. The van der Waals surface area contributed by atoms with Gasteiger partial charge in [0.2, 0.25) is 11.4 Å². The topological polar surface area (TPSA) is 55.3 Å². The lowest BCUT2D eigenvalue weighted by atomic mass is 9.98. The van der Waals surface area contributed by atoms with Crippen LogP contribution in [0.4, 0.5) is 17.1 Å². The first-order chi connectivity index (χ1) is 22.3. The molecule has 0 saturated heterocycles. The number of hydrogen-bond acceptors (Lipinski definition) is 5. The Bertz CT molecular complexity index is 2490. The van der Waals surface area contributed by atoms with Crippen molar-refractivity contribution < 1.29 is 8.83 Å². The highest BCUT2D eigenvalue weighted by molar-refractivity contribution is 6.13. The molecule has 212 valence electrons. The van der Waals surface area contributed by atoms with Gasteiger partial charge in [-0.2, -0.15) is 0 Å². The van der Waals surface area contributed by atoms with E-state index >= 15 is 0 Å². The van der Waals surface area contributed by atoms with Gasteiger partial charge in [0.05, 0.1) is 34.0 Å². The van der Waals surface area contributed by atoms with Gasteiger partial charge in [0, 0.05) is 22.5 Å². The molecule has 0 saturated carbocycles. The van der Waals surface area contributed by atoms with Crippen LogP contribution in [0.2, 0.25) is 0 Å². The second kappa shape index (κ2) is 10.2. The Kier molecular flexibility index (Phi) is 5.74. The Balaban J connectivity index is 1.30. The molecule has 9 rings (SSSR count). The van der Waals surface area contributed by atoms with E-state index in [2.05, 4.69) is 107 Å². The Morgan fingerprint density at radius 1 is 0.467 bits per heavy atom. The SMILES string of the molecule is c1ccc(-c2ccc(-c3ccccc3N(c3cnc4oc5ccccc5c4c3)c3ccnc4oc5ccccc5c34)cc2)cc1. The zero-order chi connectivity index (χ0) is 29.7. The van der Waals surface area contributed by atoms with Gasteiger partial charge in [-0.05, 0) is 47.0 Å². The lowest BCUT2D eigenvalue weighted by molar-refractivity contribution is 0.653. The molecule has 5 heteroatoms. The molecular weight excluding hydrogens is 554 g/mol. The molecule has 9 aromatic rings. The molecule has 4 heterocycles. The van der Waals surface area contributed by atoms with Gasteiger partial charge in [-0.25, -0.2) is 9.97 Å². The van der Waals surface area contributed by atoms with Crippen molar-refractivity contribution in [3.05, 3.63) is 152 Å². The molecule has 5 nitrogen and oxygen atoms in total. The summed E-state index contributed by atoms with van der Waals surface area (Å²) in [6, 6.07) is 48.1. The average molecular weight is 580 g/mol. The zero-order valence-electron chi connectivity index (χ0n) is 24.1. The third kappa shape index (κ3) is 4.17. The second-order valence-electron chi connectivity index (χ2n) is 11.0. The normalized spacial score (nSPS) is 11.6. The second-order valence-corrected chi connectivity index (χ2v) is 11.0. The lowest BCUT2D eigenvalue weighted by Crippen LogP contribution is -2.12. The summed E-state index contributed by atoms with van der Waals surface area (Å²) in [6.07, 6.45) is 3.69. The van der Waals surface area contributed by atoms with E-state index in [0.717, 1.165) is 60.9 Å². The molecule has 0 aliphatic carbocycles. The molecule has 5 aromatic carbocycles. The maximum Gasteiger partial charge on any atom is 0.229 e. The molecule has 0 bridgehead atoms. The molecule has 0 radical (unpaired) electrons. The monoisotopic (exact) mass is 579 g/mol. The summed E-state index contributed by atoms with van der Waals surface area (Å²) in [6.45, 7) is 0. The van der Waals surface area contributed by atoms with Crippen LogP contribution in [0, 0.1) is 0 Å². The smallest absolute Gasteiger partial charge is 0.229 e. The van der Waals surface area contributed by atoms with Gasteiger partial charge in [0.25, 0.3) is 0 Å². The first kappa shape index (κ1) is 25.3. The van der Waals surface area contributed by atoms with Crippen molar-refractivity contribution in [2.24, 2.45) is 0 Å². The van der Waals surface area contributed by atoms with Gasteiger partial charge in [-0.3, -0.25) is 0 Å². The summed E-state index contributed by atoms with van der Waals surface area (Å²) in [7, 11) is 0. The summed E-state index contributed by atoms with van der Waals surface area (Å²) in [5, 5.41) is 3.94. The maximum atomic E-state index is 6.23. The van der Waals surface area contributed by atoms with Crippen LogP contribution in [0.1, 0.15) is 0 Å². The van der Waals surface area contributed by atoms with E-state index in [1.165, 1.54) is 11.1 Å². The van der Waals surface area contributed by atoms with Crippen LogP contribution in [0.25, 0.3) is 66.4 Å². The van der Waals surface area contributed by atoms with Gasteiger partial charge in [-0.15, -0.1) is 0 Å². The standard InChI is InChI=1S/C40H25N3O2/c1-2-10-26(11-3-1)27-18-20-28(21-19-27)30-12-4-7-15-34(30)43(29-24-33-31-13-5-8-16-36(31)44-39(33)42-25-29)35-22-23-41-40-38(35)32-14-6-9-17-37(32)45-40/h1-25H. The quantitative estimate of drug-likeness (QED) is 0.203. The lowest BCUT2D eigenvalue weighted by Gasteiger charge is -2.28. The Hall–Kier alpha value is -6.20. The van der Waals surface area contributed by atoms with Crippen LogP contribution < -0.4 is 4.90 Å². The number of furan rings is 2. The Morgan fingerprint density at radius 3 is 1.96 bits per heavy atom. The minimum atomic E-state index is 0.589. The van der Waals surface area contributed by atoms with E-state index in [-0.39, 0.29) is 0 Å². The Labute approximate surface area is 258 Å². The van der Waals surface area contributed by atoms with Crippen LogP contribution in [-0.2, 0) is 0 Å². The van der Waals surface area contributed by atoms with E-state index in [4.69, 9.17) is 13.8 Å². The fraction of sp³-hybridized carbons (Fsp3) is 0. The van der Waals surface area contributed by atoms with Crippen LogP contribution in [0.15, 0.2) is 161 Å². The van der Waals surface area contributed by atoms with Crippen molar-refractivity contribution in [3.63, 3.8) is 0 Å². The fourth-order valence-corrected chi connectivity index (χ4v) is 6.33. The molecule has 0 unspecified atom stereocenters. The van der Waals surface area contributed by atoms with Crippen molar-refractivity contribution in [2.45, 2.75) is 0 Å². The molecule has 0 atom stereocenters. The highest BCUT2D eigenvalue weighted by Crippen LogP contribution is 2.46. The van der Waals surface area contributed by atoms with Gasteiger partial charge in [-0.1, -0.05) is 109 Å². The number of rotatable bonds is 5. The van der Waals surface area contributed by atoms with Crippen LogP contribution in [0.5, 0.6) is 0 Å². The number of anilines is 3. The largest absolute Gasteiger partial charge is 0.438 e. The van der Waals surface area contributed by atoms with Crippen molar-refractivity contribution in [1.82, 2.24) is 9.97 Å². The highest BCUT2D eigenvalue weighted by atomic mass is 16.3. The number of fused-ring (bicyclic) bond motifs is 6. The van der Waals surface area contributed by atoms with Gasteiger partial charge < -0.3 is 13.7 Å². The van der Waals surface area contributed by atoms with Gasteiger partial charge in [0.1, 0.15) is 11.2 Å². The fourth-order valence-electron chi connectivity index (χ4n) is 6.33. The van der Waals surface area contributed by atoms with E-state index in [1.54, 1.807) is 0 Å². The number of nitrogens with zero attached hydrogens (tertiary/aromatic N) is 3. The Morgan fingerprint density at radius 2 is 1.11 bits per heavy atom. The predicted octanol–water partition coefficient (Wildman–Crippen LogP) is 11.1. The highest BCUT2D eigenvalue weighted by Gasteiger charge is 2.23. The van der Waals surface area contributed by atoms with E-state index in [0.29, 0.717) is 11.4 Å². The maximum absolute atomic E-state index is 6.23. The van der Waals surface area contributed by atoms with Crippen LogP contribution in [0.3, 0.4) is 0 Å². The zero-order valence-corrected chi connectivity index (χ0v) is 24.1. The summed E-state index contributed by atoms with van der Waals surface area (Å²) in [4.78, 5) is 11.7. The first-order valence-electron chi connectivity index (χ1n) is 14.9. The molecule has 0 spiro atoms. The molecule has 45 heavy (non-hydrogen) atoms. The van der Waals surface area contributed by atoms with E-state index < -0.39 is 0 Å². The third-order valence-electron chi connectivity index (χ3n) is 8.42. The van der Waals surface area contributed by atoms with Crippen molar-refractivity contribution in [1.29, 1.82) is 0 Å². The third-order valence-corrected chi connectivity index (χ3v) is 8.42. The molecule has 0 fully saturated rings. The predicted molar refractivity (Wildman–Crippen MR) is 182 cm³/mol. The number of aromatic nitrogens is 2. The molecular formula is C40H25N3O2. The minimum Gasteiger partial charge on any atom is -0.438 e. The molecule has 4 aromatic heterocycles. The molecule has 0 aliphatic rings. The summed E-state index contributed by atoms with van der Waals surface area (Å²) in [5.41, 5.74) is 10.2. The number of hydrogen-bond donors (Lipinski definition) is 0. The first-order valence-corrected chi connectivity index (χ1v) is 14.9.